The smallest absolute Gasteiger partial charge is 0.133 e. The van der Waals surface area contributed by atoms with E-state index in [-0.39, 0.29) is 0 Å². The van der Waals surface area contributed by atoms with Crippen molar-refractivity contribution in [3.05, 3.63) is 35.3 Å². The molecule has 0 aliphatic heterocycles. The minimum absolute atomic E-state index is 0.506. The fourth-order valence-corrected chi connectivity index (χ4v) is 1.37. The van der Waals surface area contributed by atoms with Crippen molar-refractivity contribution < 1.29 is 4.42 Å². The Morgan fingerprint density at radius 3 is 2.83 bits per heavy atom. The predicted octanol–water partition coefficient (Wildman–Crippen LogP) is 3.26. The lowest BCUT2D eigenvalue weighted by Crippen LogP contribution is -1.77. The molecule has 1 aliphatic carbocycles. The molecule has 0 bridgehead atoms. The molecule has 0 spiro atoms. The number of furan rings is 1. The Hall–Kier alpha value is -1.24. The molecule has 0 saturated carbocycles. The Morgan fingerprint density at radius 1 is 1.25 bits per heavy atom. The Morgan fingerprint density at radius 2 is 2.00 bits per heavy atom. The van der Waals surface area contributed by atoms with Crippen molar-refractivity contribution >= 4 is 12.2 Å². The number of aryl methyl sites for hydroxylation is 1. The third-order valence-electron chi connectivity index (χ3n) is 2.17. The van der Waals surface area contributed by atoms with E-state index in [2.05, 4.69) is 32.1 Å². The highest BCUT2D eigenvalue weighted by Crippen LogP contribution is 2.23. The van der Waals surface area contributed by atoms with Crippen molar-refractivity contribution in [3.8, 4) is 0 Å². The van der Waals surface area contributed by atoms with Crippen molar-refractivity contribution in [3.63, 3.8) is 0 Å². The lowest BCUT2D eigenvalue weighted by Gasteiger charge is -1.91. The minimum atomic E-state index is 0.506. The van der Waals surface area contributed by atoms with E-state index in [4.69, 9.17) is 4.42 Å². The minimum Gasteiger partial charge on any atom is -0.464 e. The highest BCUT2D eigenvalue weighted by atomic mass is 16.3. The lowest BCUT2D eigenvalue weighted by atomic mass is 10.1. The second-order valence-electron chi connectivity index (χ2n) is 3.27. The molecule has 1 aliphatic rings. The first-order valence-electron chi connectivity index (χ1n) is 4.22. The van der Waals surface area contributed by atoms with Crippen molar-refractivity contribution in [2.45, 2.75) is 13.8 Å². The van der Waals surface area contributed by atoms with Crippen molar-refractivity contribution in [2.24, 2.45) is 5.92 Å². The van der Waals surface area contributed by atoms with Crippen LogP contribution in [0.3, 0.4) is 0 Å². The van der Waals surface area contributed by atoms with Crippen LogP contribution in [0.2, 0.25) is 0 Å². The summed E-state index contributed by atoms with van der Waals surface area (Å²) in [7, 11) is 0. The lowest BCUT2D eigenvalue weighted by molar-refractivity contribution is 0.554. The zero-order valence-corrected chi connectivity index (χ0v) is 7.37. The molecule has 1 heterocycles. The third kappa shape index (κ3) is 1.11. The normalized spacial score (nSPS) is 20.7. The summed E-state index contributed by atoms with van der Waals surface area (Å²) < 4.78 is 5.38. The topological polar surface area (TPSA) is 13.1 Å². The maximum atomic E-state index is 5.38. The van der Waals surface area contributed by atoms with Gasteiger partial charge in [-0.2, -0.15) is 0 Å². The molecule has 1 aromatic rings. The van der Waals surface area contributed by atoms with E-state index >= 15 is 0 Å². The average Bonchev–Trinajstić information content (AvgIpc) is 2.28. The summed E-state index contributed by atoms with van der Waals surface area (Å²) in [5.74, 6) is 1.49. The number of allylic oxidation sites excluding steroid dienone is 2. The molecular formula is C11H12O. The monoisotopic (exact) mass is 160 g/mol. The molecule has 1 heteroatoms. The highest BCUT2D eigenvalue weighted by Gasteiger charge is 2.07. The summed E-state index contributed by atoms with van der Waals surface area (Å²) in [4.78, 5) is 0. The van der Waals surface area contributed by atoms with Crippen LogP contribution in [0.4, 0.5) is 0 Å². The van der Waals surface area contributed by atoms with Crippen molar-refractivity contribution in [1.82, 2.24) is 0 Å². The molecule has 1 unspecified atom stereocenters. The molecule has 0 N–H and O–H groups in total. The molecule has 0 fully saturated rings. The van der Waals surface area contributed by atoms with Gasteiger partial charge in [-0.3, -0.25) is 0 Å². The molecule has 0 aromatic carbocycles. The second kappa shape index (κ2) is 2.67. The number of hydrogen-bond donors (Lipinski definition) is 0. The summed E-state index contributed by atoms with van der Waals surface area (Å²) in [5.41, 5.74) is 2.43. The maximum Gasteiger partial charge on any atom is 0.133 e. The summed E-state index contributed by atoms with van der Waals surface area (Å²) in [6.07, 6.45) is 10.3. The Kier molecular flexibility index (Phi) is 1.65. The maximum absolute atomic E-state index is 5.38. The average molecular weight is 160 g/mol. The van der Waals surface area contributed by atoms with Crippen LogP contribution < -0.4 is 0 Å². The van der Waals surface area contributed by atoms with Gasteiger partial charge in [0.05, 0.1) is 6.26 Å². The van der Waals surface area contributed by atoms with Gasteiger partial charge < -0.3 is 4.42 Å². The first-order chi connectivity index (χ1) is 5.77. The highest BCUT2D eigenvalue weighted by molar-refractivity contribution is 5.66. The number of fused-ring (bicyclic) bond motifs is 1. The van der Waals surface area contributed by atoms with Crippen LogP contribution in [-0.4, -0.2) is 0 Å². The van der Waals surface area contributed by atoms with Crippen LogP contribution in [0.25, 0.3) is 12.2 Å². The number of rotatable bonds is 0. The van der Waals surface area contributed by atoms with Crippen LogP contribution in [0.1, 0.15) is 23.8 Å². The van der Waals surface area contributed by atoms with Crippen LogP contribution in [0, 0.1) is 12.8 Å². The van der Waals surface area contributed by atoms with Crippen LogP contribution in [-0.2, 0) is 0 Å². The molecule has 1 nitrogen and oxygen atoms in total. The summed E-state index contributed by atoms with van der Waals surface area (Å²) >= 11 is 0. The van der Waals surface area contributed by atoms with Gasteiger partial charge in [-0.15, -0.1) is 0 Å². The fourth-order valence-electron chi connectivity index (χ4n) is 1.37. The van der Waals surface area contributed by atoms with E-state index in [0.717, 1.165) is 5.76 Å². The van der Waals surface area contributed by atoms with Gasteiger partial charge in [0.1, 0.15) is 5.76 Å². The Labute approximate surface area is 72.4 Å². The Bertz CT molecular complexity index is 342. The van der Waals surface area contributed by atoms with Gasteiger partial charge >= 0.3 is 0 Å². The van der Waals surface area contributed by atoms with E-state index in [1.165, 1.54) is 11.1 Å². The number of hydrogen-bond acceptors (Lipinski definition) is 1. The summed E-state index contributed by atoms with van der Waals surface area (Å²) in [6.45, 7) is 4.23. The molecule has 0 saturated heterocycles. The van der Waals surface area contributed by atoms with E-state index < -0.39 is 0 Å². The molecule has 0 amide bonds. The van der Waals surface area contributed by atoms with Crippen LogP contribution in [0.15, 0.2) is 22.8 Å². The van der Waals surface area contributed by atoms with Gasteiger partial charge in [-0.1, -0.05) is 25.2 Å². The van der Waals surface area contributed by atoms with E-state index in [1.807, 2.05) is 6.08 Å². The van der Waals surface area contributed by atoms with Crippen LogP contribution >= 0.6 is 0 Å². The summed E-state index contributed by atoms with van der Waals surface area (Å²) in [5, 5.41) is 0. The first kappa shape index (κ1) is 7.41. The van der Waals surface area contributed by atoms with Gasteiger partial charge in [0.15, 0.2) is 0 Å². The zero-order valence-electron chi connectivity index (χ0n) is 7.37. The van der Waals surface area contributed by atoms with E-state index in [9.17, 15) is 0 Å². The van der Waals surface area contributed by atoms with Crippen molar-refractivity contribution in [1.29, 1.82) is 0 Å². The quantitative estimate of drug-likeness (QED) is 0.567. The largest absolute Gasteiger partial charge is 0.464 e. The first-order valence-corrected chi connectivity index (χ1v) is 4.22. The SMILES string of the molecule is Cc1coc2c1C=CC(C)C=C2. The van der Waals surface area contributed by atoms with Gasteiger partial charge in [0, 0.05) is 5.56 Å². The standard InChI is InChI=1S/C11H12O/c1-8-3-5-10-9(2)7-12-11(10)6-4-8/h3-8H,1-2H3. The third-order valence-corrected chi connectivity index (χ3v) is 2.17. The molecule has 1 atom stereocenters. The van der Waals surface area contributed by atoms with Crippen LogP contribution in [0.5, 0.6) is 0 Å². The molecule has 62 valence electrons. The second-order valence-corrected chi connectivity index (χ2v) is 3.27. The molecular weight excluding hydrogens is 148 g/mol. The van der Waals surface area contributed by atoms with Gasteiger partial charge in [0.2, 0.25) is 0 Å². The summed E-state index contributed by atoms with van der Waals surface area (Å²) in [6, 6.07) is 0. The zero-order chi connectivity index (χ0) is 8.55. The molecule has 1 aromatic heterocycles. The van der Waals surface area contributed by atoms with Gasteiger partial charge in [-0.25, -0.2) is 0 Å². The molecule has 2 rings (SSSR count). The van der Waals surface area contributed by atoms with Gasteiger partial charge in [0.25, 0.3) is 0 Å². The molecule has 0 radical (unpaired) electrons. The predicted molar refractivity (Wildman–Crippen MR) is 50.7 cm³/mol. The Balaban J connectivity index is 2.54. The van der Waals surface area contributed by atoms with Crippen molar-refractivity contribution in [2.75, 3.05) is 0 Å². The fraction of sp³-hybridized carbons (Fsp3) is 0.273. The van der Waals surface area contributed by atoms with Gasteiger partial charge in [-0.05, 0) is 24.5 Å². The van der Waals surface area contributed by atoms with E-state index in [1.54, 1.807) is 6.26 Å². The van der Waals surface area contributed by atoms with E-state index in [0.29, 0.717) is 5.92 Å². The molecule has 12 heavy (non-hydrogen) atoms.